The molecule has 1 aromatic carbocycles. The summed E-state index contributed by atoms with van der Waals surface area (Å²) >= 11 is 0. The Morgan fingerprint density at radius 1 is 1.27 bits per heavy atom. The zero-order valence-corrected chi connectivity index (χ0v) is 12.3. The van der Waals surface area contributed by atoms with E-state index in [1.165, 1.54) is 6.08 Å². The molecule has 0 aliphatic carbocycles. The third-order valence-electron chi connectivity index (χ3n) is 4.04. The Morgan fingerprint density at radius 2 is 2.09 bits per heavy atom. The zero-order chi connectivity index (χ0) is 15.4. The molecule has 0 bridgehead atoms. The fraction of sp³-hybridized carbons (Fsp3) is 0.412. The molecule has 1 aromatic rings. The molecule has 116 valence electrons. The highest BCUT2D eigenvalue weighted by Gasteiger charge is 2.36. The second kappa shape index (κ2) is 6.64. The molecule has 2 aliphatic rings. The van der Waals surface area contributed by atoms with Crippen molar-refractivity contribution >= 4 is 12.1 Å². The van der Waals surface area contributed by atoms with E-state index in [0.717, 1.165) is 24.8 Å². The Balaban J connectivity index is 1.61. The van der Waals surface area contributed by atoms with E-state index in [-0.39, 0.29) is 30.8 Å². The topological polar surface area (TPSA) is 55.8 Å². The number of nitrogens with zero attached hydrogens (tertiary/aromatic N) is 1. The molecule has 0 unspecified atom stereocenters. The van der Waals surface area contributed by atoms with Crippen LogP contribution in [-0.2, 0) is 20.9 Å². The van der Waals surface area contributed by atoms with Gasteiger partial charge in [0.25, 0.3) is 0 Å². The molecule has 0 saturated carbocycles. The molecular formula is C17H19NO4. The van der Waals surface area contributed by atoms with Crippen LogP contribution >= 0.6 is 0 Å². The summed E-state index contributed by atoms with van der Waals surface area (Å²) in [5.41, 5.74) is 0.955. The molecule has 1 saturated heterocycles. The molecule has 5 nitrogen and oxygen atoms in total. The molecule has 2 atom stereocenters. The molecule has 0 aromatic heterocycles. The summed E-state index contributed by atoms with van der Waals surface area (Å²) in [6, 6.07) is 9.46. The van der Waals surface area contributed by atoms with Crippen LogP contribution < -0.4 is 0 Å². The zero-order valence-electron chi connectivity index (χ0n) is 12.3. The smallest absolute Gasteiger partial charge is 0.410 e. The number of cyclic esters (lactones) is 1. The summed E-state index contributed by atoms with van der Waals surface area (Å²) in [6.45, 7) is 0.892. The number of piperidine rings is 1. The summed E-state index contributed by atoms with van der Waals surface area (Å²) in [5.74, 6) is -0.340. The van der Waals surface area contributed by atoms with Crippen molar-refractivity contribution in [1.29, 1.82) is 0 Å². The van der Waals surface area contributed by atoms with E-state index < -0.39 is 0 Å². The highest BCUT2D eigenvalue weighted by atomic mass is 16.6. The van der Waals surface area contributed by atoms with Crippen LogP contribution in [0.2, 0.25) is 0 Å². The van der Waals surface area contributed by atoms with Crippen molar-refractivity contribution in [3.05, 3.63) is 48.0 Å². The molecule has 1 fully saturated rings. The van der Waals surface area contributed by atoms with Crippen LogP contribution in [0.3, 0.4) is 0 Å². The summed E-state index contributed by atoms with van der Waals surface area (Å²) in [6.07, 6.45) is 5.25. The monoisotopic (exact) mass is 301 g/mol. The maximum atomic E-state index is 12.4. The van der Waals surface area contributed by atoms with Crippen molar-refractivity contribution in [2.24, 2.45) is 0 Å². The van der Waals surface area contributed by atoms with Crippen LogP contribution in [0.25, 0.3) is 0 Å². The standard InChI is InChI=1S/C17H19NO4/c19-16-10-9-15(22-16)14-8-4-5-11-18(14)17(20)21-12-13-6-2-1-3-7-13/h1-3,6-7,9-10,14-15H,4-5,8,11-12H2/t14-,15-/m1/s1. The lowest BCUT2D eigenvalue weighted by Crippen LogP contribution is -2.49. The SMILES string of the molecule is O=C1C=C[C@H]([C@H]2CCCCN2C(=O)OCc2ccccc2)O1. The third-order valence-corrected chi connectivity index (χ3v) is 4.04. The van der Waals surface area contributed by atoms with Crippen molar-refractivity contribution < 1.29 is 19.1 Å². The van der Waals surface area contributed by atoms with E-state index in [1.807, 2.05) is 30.3 Å². The Bertz CT molecular complexity index is 569. The number of carbonyl (C=O) groups excluding carboxylic acids is 2. The molecule has 3 rings (SSSR count). The van der Waals surface area contributed by atoms with E-state index >= 15 is 0 Å². The second-order valence-corrected chi connectivity index (χ2v) is 5.56. The lowest BCUT2D eigenvalue weighted by Gasteiger charge is -2.37. The summed E-state index contributed by atoms with van der Waals surface area (Å²) in [7, 11) is 0. The summed E-state index contributed by atoms with van der Waals surface area (Å²) in [4.78, 5) is 25.3. The van der Waals surface area contributed by atoms with Crippen LogP contribution in [0.4, 0.5) is 4.79 Å². The number of rotatable bonds is 3. The molecule has 2 heterocycles. The Morgan fingerprint density at radius 3 is 2.82 bits per heavy atom. The minimum Gasteiger partial charge on any atom is -0.453 e. The normalized spacial score (nSPS) is 24.2. The van der Waals surface area contributed by atoms with Gasteiger partial charge in [0, 0.05) is 12.6 Å². The number of likely N-dealkylation sites (tertiary alicyclic amines) is 1. The van der Waals surface area contributed by atoms with Gasteiger partial charge in [-0.05, 0) is 30.9 Å². The van der Waals surface area contributed by atoms with Crippen LogP contribution in [0.15, 0.2) is 42.5 Å². The molecule has 1 amide bonds. The molecule has 0 radical (unpaired) electrons. The van der Waals surface area contributed by atoms with Crippen LogP contribution in [0.1, 0.15) is 24.8 Å². The van der Waals surface area contributed by atoms with Crippen molar-refractivity contribution in [2.75, 3.05) is 6.54 Å². The predicted octanol–water partition coefficient (Wildman–Crippen LogP) is 2.66. The summed E-state index contributed by atoms with van der Waals surface area (Å²) < 4.78 is 10.7. The van der Waals surface area contributed by atoms with Gasteiger partial charge in [0.1, 0.15) is 12.7 Å². The Labute approximate surface area is 129 Å². The first-order chi connectivity index (χ1) is 10.7. The summed E-state index contributed by atoms with van der Waals surface area (Å²) in [5, 5.41) is 0. The number of esters is 1. The van der Waals surface area contributed by atoms with Crippen molar-refractivity contribution in [2.45, 2.75) is 38.0 Å². The number of hydrogen-bond acceptors (Lipinski definition) is 4. The van der Waals surface area contributed by atoms with Crippen molar-refractivity contribution in [3.8, 4) is 0 Å². The quantitative estimate of drug-likeness (QED) is 0.805. The fourth-order valence-corrected chi connectivity index (χ4v) is 2.92. The van der Waals surface area contributed by atoms with Gasteiger partial charge < -0.3 is 14.4 Å². The highest BCUT2D eigenvalue weighted by Crippen LogP contribution is 2.25. The minimum absolute atomic E-state index is 0.125. The van der Waals surface area contributed by atoms with Crippen LogP contribution in [-0.4, -0.2) is 35.7 Å². The van der Waals surface area contributed by atoms with Gasteiger partial charge in [0.2, 0.25) is 0 Å². The first-order valence-electron chi connectivity index (χ1n) is 7.60. The number of hydrogen-bond donors (Lipinski definition) is 0. The van der Waals surface area contributed by atoms with E-state index in [4.69, 9.17) is 9.47 Å². The minimum atomic E-state index is -0.350. The molecule has 2 aliphatic heterocycles. The Hall–Kier alpha value is -2.30. The van der Waals surface area contributed by atoms with Gasteiger partial charge in [-0.1, -0.05) is 30.3 Å². The van der Waals surface area contributed by atoms with E-state index in [0.29, 0.717) is 6.54 Å². The molecule has 0 spiro atoms. The van der Waals surface area contributed by atoms with E-state index in [1.54, 1.807) is 11.0 Å². The first kappa shape index (κ1) is 14.6. The van der Waals surface area contributed by atoms with Gasteiger partial charge in [-0.2, -0.15) is 0 Å². The van der Waals surface area contributed by atoms with Gasteiger partial charge in [0.05, 0.1) is 6.04 Å². The predicted molar refractivity (Wildman–Crippen MR) is 80.0 cm³/mol. The van der Waals surface area contributed by atoms with Gasteiger partial charge in [-0.25, -0.2) is 9.59 Å². The molecular weight excluding hydrogens is 282 g/mol. The van der Waals surface area contributed by atoms with E-state index in [9.17, 15) is 9.59 Å². The lowest BCUT2D eigenvalue weighted by molar-refractivity contribution is -0.141. The van der Waals surface area contributed by atoms with Gasteiger partial charge in [-0.3, -0.25) is 0 Å². The average molecular weight is 301 g/mol. The Kier molecular flexibility index (Phi) is 4.42. The average Bonchev–Trinajstić information content (AvgIpc) is 3.00. The van der Waals surface area contributed by atoms with Crippen LogP contribution in [0.5, 0.6) is 0 Å². The van der Waals surface area contributed by atoms with Gasteiger partial charge in [-0.15, -0.1) is 0 Å². The first-order valence-corrected chi connectivity index (χ1v) is 7.60. The maximum Gasteiger partial charge on any atom is 0.410 e. The molecule has 22 heavy (non-hydrogen) atoms. The number of carbonyl (C=O) groups is 2. The molecule has 5 heteroatoms. The third kappa shape index (κ3) is 3.30. The highest BCUT2D eigenvalue weighted by molar-refractivity contribution is 5.84. The van der Waals surface area contributed by atoms with Crippen molar-refractivity contribution in [3.63, 3.8) is 0 Å². The lowest BCUT2D eigenvalue weighted by atomic mass is 9.98. The van der Waals surface area contributed by atoms with Crippen molar-refractivity contribution in [1.82, 2.24) is 4.90 Å². The van der Waals surface area contributed by atoms with Gasteiger partial charge >= 0.3 is 12.1 Å². The van der Waals surface area contributed by atoms with Gasteiger partial charge in [0.15, 0.2) is 0 Å². The fourth-order valence-electron chi connectivity index (χ4n) is 2.92. The largest absolute Gasteiger partial charge is 0.453 e. The number of ether oxygens (including phenoxy) is 2. The second-order valence-electron chi connectivity index (χ2n) is 5.56. The number of benzene rings is 1. The molecule has 0 N–H and O–H groups in total. The maximum absolute atomic E-state index is 12.4. The van der Waals surface area contributed by atoms with Crippen LogP contribution in [0, 0.1) is 0 Å². The van der Waals surface area contributed by atoms with E-state index in [2.05, 4.69) is 0 Å². The number of amides is 1.